The van der Waals surface area contributed by atoms with Gasteiger partial charge >= 0.3 is 6.09 Å². The lowest BCUT2D eigenvalue weighted by Crippen LogP contribution is -2.48. The van der Waals surface area contributed by atoms with Gasteiger partial charge in [-0.1, -0.05) is 30.3 Å². The number of nitrogens with zero attached hydrogens (tertiary/aromatic N) is 1. The predicted molar refractivity (Wildman–Crippen MR) is 71.5 cm³/mol. The number of aliphatic hydroxyl groups excluding tert-OH is 1. The van der Waals surface area contributed by atoms with Crippen molar-refractivity contribution < 1.29 is 14.6 Å². The van der Waals surface area contributed by atoms with Crippen LogP contribution in [0.3, 0.4) is 0 Å². The largest absolute Gasteiger partial charge is 0.445 e. The summed E-state index contributed by atoms with van der Waals surface area (Å²) in [6.45, 7) is 0.915. The lowest BCUT2D eigenvalue weighted by Gasteiger charge is -2.33. The van der Waals surface area contributed by atoms with Gasteiger partial charge in [0.2, 0.25) is 0 Å². The normalized spacial score (nSPS) is 19.6. The molecule has 0 saturated carbocycles. The zero-order chi connectivity index (χ0) is 12.8. The minimum absolute atomic E-state index is 0.00651. The average Bonchev–Trinajstić information content (AvgIpc) is 2.45. The number of hydrogen-bond acceptors (Lipinski definition) is 4. The first-order chi connectivity index (χ1) is 8.81. The molecule has 1 unspecified atom stereocenters. The summed E-state index contributed by atoms with van der Waals surface area (Å²) >= 11 is 1.75. The first-order valence-electron chi connectivity index (χ1n) is 5.97. The van der Waals surface area contributed by atoms with Gasteiger partial charge in [0.1, 0.15) is 6.61 Å². The Balaban J connectivity index is 1.87. The van der Waals surface area contributed by atoms with Gasteiger partial charge in [0, 0.05) is 18.1 Å². The molecule has 1 fully saturated rings. The SMILES string of the molecule is O=C(OCc1ccccc1)N1CCSCC1CO. The molecule has 1 aliphatic rings. The van der Waals surface area contributed by atoms with E-state index in [9.17, 15) is 9.90 Å². The van der Waals surface area contributed by atoms with Gasteiger partial charge in [-0.25, -0.2) is 4.79 Å². The molecule has 5 heteroatoms. The molecular formula is C13H17NO3S. The molecule has 1 N–H and O–H groups in total. The van der Waals surface area contributed by atoms with E-state index >= 15 is 0 Å². The van der Waals surface area contributed by atoms with Crippen molar-refractivity contribution in [3.8, 4) is 0 Å². The minimum Gasteiger partial charge on any atom is -0.445 e. The lowest BCUT2D eigenvalue weighted by atomic mass is 10.2. The monoisotopic (exact) mass is 267 g/mol. The Bertz CT molecular complexity index is 385. The van der Waals surface area contributed by atoms with E-state index in [-0.39, 0.29) is 25.3 Å². The minimum atomic E-state index is -0.335. The zero-order valence-electron chi connectivity index (χ0n) is 10.1. The van der Waals surface area contributed by atoms with E-state index in [1.807, 2.05) is 30.3 Å². The van der Waals surface area contributed by atoms with Gasteiger partial charge in [0.05, 0.1) is 12.6 Å². The van der Waals surface area contributed by atoms with Crippen molar-refractivity contribution in [1.82, 2.24) is 4.90 Å². The van der Waals surface area contributed by atoms with Crippen LogP contribution in [0.5, 0.6) is 0 Å². The van der Waals surface area contributed by atoms with Crippen molar-refractivity contribution in [2.45, 2.75) is 12.6 Å². The van der Waals surface area contributed by atoms with Crippen molar-refractivity contribution in [3.63, 3.8) is 0 Å². The highest BCUT2D eigenvalue weighted by Crippen LogP contribution is 2.17. The number of rotatable bonds is 3. The number of carbonyl (C=O) groups is 1. The standard InChI is InChI=1S/C13H17NO3S/c15-8-12-10-18-7-6-14(12)13(16)17-9-11-4-2-1-3-5-11/h1-5,12,15H,6-10H2. The highest BCUT2D eigenvalue weighted by atomic mass is 32.2. The Hall–Kier alpha value is -1.20. The molecule has 1 aromatic carbocycles. The Morgan fingerprint density at radius 3 is 2.94 bits per heavy atom. The summed E-state index contributed by atoms with van der Waals surface area (Å²) in [4.78, 5) is 13.5. The highest BCUT2D eigenvalue weighted by molar-refractivity contribution is 7.99. The third-order valence-electron chi connectivity index (χ3n) is 2.88. The van der Waals surface area contributed by atoms with Crippen LogP contribution in [0.15, 0.2) is 30.3 Å². The van der Waals surface area contributed by atoms with Gasteiger partial charge in [0.15, 0.2) is 0 Å². The topological polar surface area (TPSA) is 49.8 Å². The van der Waals surface area contributed by atoms with Crippen molar-refractivity contribution in [2.24, 2.45) is 0 Å². The fourth-order valence-electron chi connectivity index (χ4n) is 1.85. The third kappa shape index (κ3) is 3.40. The second kappa shape index (κ2) is 6.66. The van der Waals surface area contributed by atoms with E-state index in [2.05, 4.69) is 0 Å². The smallest absolute Gasteiger partial charge is 0.410 e. The first-order valence-corrected chi connectivity index (χ1v) is 7.12. The molecule has 0 radical (unpaired) electrons. The number of hydrogen-bond donors (Lipinski definition) is 1. The molecule has 1 heterocycles. The molecule has 1 saturated heterocycles. The Morgan fingerprint density at radius 1 is 1.44 bits per heavy atom. The molecule has 1 atom stereocenters. The number of benzene rings is 1. The fraction of sp³-hybridized carbons (Fsp3) is 0.462. The van der Waals surface area contributed by atoms with Gasteiger partial charge in [-0.15, -0.1) is 0 Å². The maximum absolute atomic E-state index is 11.9. The van der Waals surface area contributed by atoms with Crippen molar-refractivity contribution >= 4 is 17.9 Å². The van der Waals surface area contributed by atoms with Crippen LogP contribution in [0.1, 0.15) is 5.56 Å². The highest BCUT2D eigenvalue weighted by Gasteiger charge is 2.27. The molecule has 1 aliphatic heterocycles. The van der Waals surface area contributed by atoms with E-state index in [0.29, 0.717) is 6.54 Å². The van der Waals surface area contributed by atoms with Gasteiger partial charge in [-0.2, -0.15) is 11.8 Å². The van der Waals surface area contributed by atoms with E-state index in [0.717, 1.165) is 17.1 Å². The van der Waals surface area contributed by atoms with Crippen LogP contribution in [0.25, 0.3) is 0 Å². The molecule has 4 nitrogen and oxygen atoms in total. The molecule has 18 heavy (non-hydrogen) atoms. The van der Waals surface area contributed by atoms with Crippen LogP contribution in [0.2, 0.25) is 0 Å². The lowest BCUT2D eigenvalue weighted by molar-refractivity contribution is 0.0711. The molecule has 1 aromatic rings. The van der Waals surface area contributed by atoms with Crippen LogP contribution >= 0.6 is 11.8 Å². The van der Waals surface area contributed by atoms with Crippen molar-refractivity contribution in [2.75, 3.05) is 24.7 Å². The van der Waals surface area contributed by atoms with E-state index in [1.165, 1.54) is 0 Å². The molecule has 0 aromatic heterocycles. The van der Waals surface area contributed by atoms with E-state index in [1.54, 1.807) is 16.7 Å². The van der Waals surface area contributed by atoms with Gasteiger partial charge in [0.25, 0.3) is 0 Å². The summed E-state index contributed by atoms with van der Waals surface area (Å²) < 4.78 is 5.27. The number of aliphatic hydroxyl groups is 1. The summed E-state index contributed by atoms with van der Waals surface area (Å²) in [5.41, 5.74) is 0.970. The van der Waals surface area contributed by atoms with Crippen LogP contribution < -0.4 is 0 Å². The Labute approximate surface area is 111 Å². The van der Waals surface area contributed by atoms with Crippen LogP contribution in [0, 0.1) is 0 Å². The Morgan fingerprint density at radius 2 is 2.22 bits per heavy atom. The maximum atomic E-state index is 11.9. The van der Waals surface area contributed by atoms with Crippen molar-refractivity contribution in [1.29, 1.82) is 0 Å². The molecule has 0 spiro atoms. The summed E-state index contributed by atoms with van der Waals surface area (Å²) in [6, 6.07) is 9.47. The summed E-state index contributed by atoms with van der Waals surface area (Å²) in [6.07, 6.45) is -0.335. The van der Waals surface area contributed by atoms with Crippen LogP contribution in [-0.2, 0) is 11.3 Å². The van der Waals surface area contributed by atoms with Crippen LogP contribution in [-0.4, -0.2) is 46.8 Å². The zero-order valence-corrected chi connectivity index (χ0v) is 10.9. The van der Waals surface area contributed by atoms with Crippen LogP contribution in [0.4, 0.5) is 4.79 Å². The number of ether oxygens (including phenoxy) is 1. The van der Waals surface area contributed by atoms with E-state index in [4.69, 9.17) is 4.74 Å². The molecular weight excluding hydrogens is 250 g/mol. The average molecular weight is 267 g/mol. The van der Waals surface area contributed by atoms with Gasteiger partial charge in [-0.05, 0) is 5.56 Å². The summed E-state index contributed by atoms with van der Waals surface area (Å²) in [5, 5.41) is 9.23. The third-order valence-corrected chi connectivity index (χ3v) is 3.97. The number of carbonyl (C=O) groups excluding carboxylic acids is 1. The second-order valence-electron chi connectivity index (χ2n) is 4.14. The number of amides is 1. The fourth-order valence-corrected chi connectivity index (χ4v) is 2.90. The molecule has 1 amide bonds. The Kier molecular flexibility index (Phi) is 4.90. The number of thioether (sulfide) groups is 1. The summed E-state index contributed by atoms with van der Waals surface area (Å²) in [7, 11) is 0. The summed E-state index contributed by atoms with van der Waals surface area (Å²) in [5.74, 6) is 1.67. The molecule has 0 bridgehead atoms. The predicted octanol–water partition coefficient (Wildman–Crippen LogP) is 1.73. The second-order valence-corrected chi connectivity index (χ2v) is 5.29. The molecule has 2 rings (SSSR count). The first kappa shape index (κ1) is 13.2. The molecule has 98 valence electrons. The maximum Gasteiger partial charge on any atom is 0.410 e. The quantitative estimate of drug-likeness (QED) is 0.906. The molecule has 0 aliphatic carbocycles. The van der Waals surface area contributed by atoms with E-state index < -0.39 is 0 Å². The van der Waals surface area contributed by atoms with Crippen molar-refractivity contribution in [3.05, 3.63) is 35.9 Å². The van der Waals surface area contributed by atoms with Gasteiger partial charge < -0.3 is 14.7 Å². The van der Waals surface area contributed by atoms with Gasteiger partial charge in [-0.3, -0.25) is 0 Å².